The van der Waals surface area contributed by atoms with E-state index in [0.717, 1.165) is 10.7 Å². The lowest BCUT2D eigenvalue weighted by molar-refractivity contribution is -0.144. The van der Waals surface area contributed by atoms with Crippen LogP contribution in [0.25, 0.3) is 5.69 Å². The van der Waals surface area contributed by atoms with Crippen molar-refractivity contribution in [2.24, 2.45) is 0 Å². The number of aryl methyl sites for hydroxylation is 1. The molecule has 1 aromatic heterocycles. The summed E-state index contributed by atoms with van der Waals surface area (Å²) in [4.78, 5) is 4.23. The minimum atomic E-state index is -5.07. The Balaban J connectivity index is 2.91. The molecule has 2 rings (SSSR count). The lowest BCUT2D eigenvalue weighted by Gasteiger charge is -2.19. The molecule has 11 heteroatoms. The molecule has 0 aliphatic rings. The first-order chi connectivity index (χ1) is 12.3. The largest absolute Gasteiger partial charge is 0.453 e. The number of hydrogen-bond acceptors (Lipinski definition) is 5. The number of hydrogen-bond donors (Lipinski definition) is 0. The molecule has 0 unspecified atom stereocenters. The molecule has 0 atom stereocenters. The maximum atomic E-state index is 13.8. The Hall–Kier alpha value is -2.17. The highest BCUT2D eigenvalue weighted by atomic mass is 32.3. The summed E-state index contributed by atoms with van der Waals surface area (Å²) in [5.41, 5.74) is 0.804. The van der Waals surface area contributed by atoms with Gasteiger partial charge < -0.3 is 4.90 Å². The molecular weight excluding hydrogens is 388 g/mol. The predicted molar refractivity (Wildman–Crippen MR) is 92.4 cm³/mol. The molecule has 0 saturated carbocycles. The van der Waals surface area contributed by atoms with E-state index in [4.69, 9.17) is 0 Å². The number of rotatable bonds is 5. The van der Waals surface area contributed by atoms with Crippen LogP contribution in [0.4, 0.5) is 23.0 Å². The molecule has 0 radical (unpaired) electrons. The zero-order valence-corrected chi connectivity index (χ0v) is 16.3. The molecule has 150 valence electrons. The van der Waals surface area contributed by atoms with E-state index in [1.165, 1.54) is 25.1 Å². The Bertz CT molecular complexity index is 950. The topological polar surface area (TPSA) is 68.1 Å². The van der Waals surface area contributed by atoms with E-state index in [9.17, 15) is 25.5 Å². The molecule has 6 nitrogen and oxygen atoms in total. The van der Waals surface area contributed by atoms with Gasteiger partial charge in [0.15, 0.2) is 0 Å². The van der Waals surface area contributed by atoms with Crippen LogP contribution in [0.1, 0.15) is 43.6 Å². The highest BCUT2D eigenvalue weighted by Gasteiger charge is 2.38. The average Bonchev–Trinajstić information content (AvgIpc) is 2.98. The molecule has 0 fully saturated rings. The van der Waals surface area contributed by atoms with Gasteiger partial charge in [0.2, 0.25) is 5.95 Å². The number of anilines is 1. The van der Waals surface area contributed by atoms with Gasteiger partial charge in [-0.05, 0) is 29.5 Å². The van der Waals surface area contributed by atoms with E-state index in [2.05, 4.69) is 10.1 Å². The van der Waals surface area contributed by atoms with Crippen molar-refractivity contribution in [2.75, 3.05) is 19.0 Å². The maximum Gasteiger partial charge on any atom is 0.453 e. The van der Waals surface area contributed by atoms with E-state index >= 15 is 0 Å². The molecule has 0 aliphatic carbocycles. The van der Waals surface area contributed by atoms with E-state index in [0.29, 0.717) is 5.56 Å². The highest BCUT2D eigenvalue weighted by Crippen LogP contribution is 2.34. The Morgan fingerprint density at radius 3 is 2.22 bits per heavy atom. The molecule has 1 aromatic carbocycles. The van der Waals surface area contributed by atoms with Crippen LogP contribution in [0.2, 0.25) is 0 Å². The van der Waals surface area contributed by atoms with Gasteiger partial charge in [-0.25, -0.2) is 0 Å². The first-order valence-electron chi connectivity index (χ1n) is 8.10. The van der Waals surface area contributed by atoms with Crippen molar-refractivity contribution >= 4 is 16.2 Å². The van der Waals surface area contributed by atoms with Crippen LogP contribution in [0.3, 0.4) is 0 Å². The molecule has 0 N–H and O–H groups in total. The maximum absolute atomic E-state index is 13.8. The lowest BCUT2D eigenvalue weighted by atomic mass is 9.97. The smallest absolute Gasteiger partial charge is 0.347 e. The fraction of sp³-hybridized carbons (Fsp3) is 0.500. The van der Waals surface area contributed by atoms with Gasteiger partial charge in [0.1, 0.15) is 4.90 Å². The Morgan fingerprint density at radius 2 is 1.81 bits per heavy atom. The van der Waals surface area contributed by atoms with E-state index < -0.39 is 27.1 Å². The monoisotopic (exact) mass is 408 g/mol. The number of halogens is 4. The Kier molecular flexibility index (Phi) is 5.56. The van der Waals surface area contributed by atoms with Gasteiger partial charge in [0.05, 0.1) is 5.69 Å². The predicted octanol–water partition coefficient (Wildman–Crippen LogP) is 3.70. The second kappa shape index (κ2) is 7.10. The summed E-state index contributed by atoms with van der Waals surface area (Å²) in [7, 11) is -2.12. The third-order valence-electron chi connectivity index (χ3n) is 3.95. The zero-order valence-electron chi connectivity index (χ0n) is 15.5. The second-order valence-electron chi connectivity index (χ2n) is 6.50. The third kappa shape index (κ3) is 4.23. The van der Waals surface area contributed by atoms with Crippen molar-refractivity contribution in [2.45, 2.75) is 44.2 Å². The lowest BCUT2D eigenvalue weighted by Crippen LogP contribution is -2.17. The van der Waals surface area contributed by atoms with Crippen LogP contribution >= 0.6 is 0 Å². The molecule has 2 aromatic rings. The van der Waals surface area contributed by atoms with Crippen molar-refractivity contribution in [3.63, 3.8) is 0 Å². The SMILES string of the molecule is CCc1cc(C(C)C)c(-n2nc(C(F)(F)F)nc2N(C)C)cc1S(=O)(=O)F. The summed E-state index contributed by atoms with van der Waals surface area (Å²) in [6, 6.07) is 2.51. The number of aromatic nitrogens is 3. The van der Waals surface area contributed by atoms with Crippen molar-refractivity contribution < 1.29 is 25.5 Å². The normalized spacial score (nSPS) is 12.7. The zero-order chi connectivity index (χ0) is 20.7. The highest BCUT2D eigenvalue weighted by molar-refractivity contribution is 7.86. The van der Waals surface area contributed by atoms with Gasteiger partial charge >= 0.3 is 16.4 Å². The fourth-order valence-electron chi connectivity index (χ4n) is 2.66. The van der Waals surface area contributed by atoms with E-state index in [1.54, 1.807) is 20.8 Å². The number of alkyl halides is 3. The van der Waals surface area contributed by atoms with Crippen LogP contribution in [-0.4, -0.2) is 37.3 Å². The van der Waals surface area contributed by atoms with Crippen LogP contribution in [-0.2, 0) is 22.8 Å². The quantitative estimate of drug-likeness (QED) is 0.558. The summed E-state index contributed by atoms with van der Waals surface area (Å²) >= 11 is 0. The fourth-order valence-corrected chi connectivity index (χ4v) is 3.43. The molecule has 0 saturated heterocycles. The average molecular weight is 408 g/mol. The molecule has 0 bridgehead atoms. The van der Waals surface area contributed by atoms with Gasteiger partial charge in [-0.3, -0.25) is 0 Å². The summed E-state index contributed by atoms with van der Waals surface area (Å²) < 4.78 is 77.1. The molecular formula is C16H20F4N4O2S. The molecule has 0 amide bonds. The van der Waals surface area contributed by atoms with Crippen molar-refractivity contribution in [3.8, 4) is 5.69 Å². The number of nitrogens with zero attached hydrogens (tertiary/aromatic N) is 4. The van der Waals surface area contributed by atoms with Gasteiger partial charge in [-0.1, -0.05) is 26.8 Å². The summed E-state index contributed by atoms with van der Waals surface area (Å²) in [6.45, 7) is 5.24. The minimum Gasteiger partial charge on any atom is -0.347 e. The third-order valence-corrected chi connectivity index (χ3v) is 4.85. The first kappa shape index (κ1) is 21.1. The standard InChI is InChI=1S/C16H20F4N4O2S/c1-6-10-7-11(9(2)3)12(8-13(10)27(20,25)26)24-15(23(4)5)21-14(22-24)16(17,18)19/h7-9H,6H2,1-5H3. The van der Waals surface area contributed by atoms with Gasteiger partial charge in [-0.15, -0.1) is 8.98 Å². The van der Waals surface area contributed by atoms with Crippen molar-refractivity contribution in [1.29, 1.82) is 0 Å². The molecule has 27 heavy (non-hydrogen) atoms. The van der Waals surface area contributed by atoms with Crippen LogP contribution in [0.5, 0.6) is 0 Å². The summed E-state index contributed by atoms with van der Waals surface area (Å²) in [5, 5.41) is 3.52. The molecule has 0 spiro atoms. The van der Waals surface area contributed by atoms with Gasteiger partial charge in [0.25, 0.3) is 5.82 Å². The van der Waals surface area contributed by atoms with E-state index in [1.807, 2.05) is 0 Å². The van der Waals surface area contributed by atoms with Crippen LogP contribution in [0.15, 0.2) is 17.0 Å². The van der Waals surface area contributed by atoms with Crippen LogP contribution < -0.4 is 4.90 Å². The van der Waals surface area contributed by atoms with Gasteiger partial charge in [-0.2, -0.15) is 31.3 Å². The van der Waals surface area contributed by atoms with Crippen molar-refractivity contribution in [3.05, 3.63) is 29.1 Å². The Morgan fingerprint density at radius 1 is 1.22 bits per heavy atom. The van der Waals surface area contributed by atoms with Gasteiger partial charge in [0, 0.05) is 14.1 Å². The first-order valence-corrected chi connectivity index (χ1v) is 9.49. The second-order valence-corrected chi connectivity index (χ2v) is 7.82. The van der Waals surface area contributed by atoms with Crippen LogP contribution in [0, 0.1) is 0 Å². The molecule has 0 aliphatic heterocycles. The Labute approximate surface area is 155 Å². The van der Waals surface area contributed by atoms with Crippen molar-refractivity contribution in [1.82, 2.24) is 14.8 Å². The number of benzene rings is 1. The summed E-state index contributed by atoms with van der Waals surface area (Å²) in [6.07, 6.45) is -4.55. The van der Waals surface area contributed by atoms with E-state index in [-0.39, 0.29) is 29.5 Å². The molecule has 1 heterocycles. The summed E-state index contributed by atoms with van der Waals surface area (Å²) in [5.74, 6) is -1.71. The minimum absolute atomic E-state index is 0.0325.